The van der Waals surface area contributed by atoms with Crippen molar-refractivity contribution in [3.63, 3.8) is 0 Å². The quantitative estimate of drug-likeness (QED) is 0.711. The van der Waals surface area contributed by atoms with E-state index < -0.39 is 10.0 Å². The highest BCUT2D eigenvalue weighted by Gasteiger charge is 2.19. The minimum atomic E-state index is -3.74. The fourth-order valence-electron chi connectivity index (χ4n) is 3.34. The molecule has 0 unspecified atom stereocenters. The number of hydrogen-bond acceptors (Lipinski definition) is 4. The lowest BCUT2D eigenvalue weighted by Gasteiger charge is -2.12. The molecular weight excluding hydrogens is 364 g/mol. The fourth-order valence-corrected chi connectivity index (χ4v) is 4.44. The van der Waals surface area contributed by atoms with Crippen LogP contribution in [0.15, 0.2) is 45.7 Å². The number of hydrogen-bond donors (Lipinski definition) is 2. The van der Waals surface area contributed by atoms with Crippen molar-refractivity contribution in [2.75, 3.05) is 10.0 Å². The third-order valence-electron chi connectivity index (χ3n) is 4.94. The summed E-state index contributed by atoms with van der Waals surface area (Å²) in [6, 6.07) is 10.0. The molecule has 0 saturated carbocycles. The Morgan fingerprint density at radius 2 is 1.89 bits per heavy atom. The molecule has 2 aromatic carbocycles. The van der Waals surface area contributed by atoms with Gasteiger partial charge in [-0.25, -0.2) is 8.42 Å². The van der Waals surface area contributed by atoms with Crippen LogP contribution in [-0.2, 0) is 21.2 Å². The summed E-state index contributed by atoms with van der Waals surface area (Å²) in [5, 5.41) is 3.70. The molecule has 7 heteroatoms. The molecule has 3 aromatic rings. The molecule has 27 heavy (non-hydrogen) atoms. The summed E-state index contributed by atoms with van der Waals surface area (Å²) in [5.41, 5.74) is 3.72. The topological polar surface area (TPSA) is 88.4 Å². The average molecular weight is 384 g/mol. The summed E-state index contributed by atoms with van der Waals surface area (Å²) in [6.45, 7) is 3.83. The number of rotatable bonds is 3. The number of anilines is 2. The van der Waals surface area contributed by atoms with Gasteiger partial charge in [-0.3, -0.25) is 9.52 Å². The van der Waals surface area contributed by atoms with E-state index in [2.05, 4.69) is 10.0 Å². The van der Waals surface area contributed by atoms with Crippen LogP contribution < -0.4 is 10.0 Å². The van der Waals surface area contributed by atoms with Crippen molar-refractivity contribution in [1.82, 2.24) is 0 Å². The number of amides is 1. The first-order chi connectivity index (χ1) is 12.8. The number of benzene rings is 2. The van der Waals surface area contributed by atoms with Gasteiger partial charge in [-0.05, 0) is 74.2 Å². The maximum absolute atomic E-state index is 12.8. The van der Waals surface area contributed by atoms with Gasteiger partial charge in [0.25, 0.3) is 10.0 Å². The molecule has 0 radical (unpaired) electrons. The summed E-state index contributed by atoms with van der Waals surface area (Å²) in [4.78, 5) is 11.8. The van der Waals surface area contributed by atoms with Crippen LogP contribution in [0, 0.1) is 13.8 Å². The molecule has 1 aliphatic rings. The van der Waals surface area contributed by atoms with Crippen molar-refractivity contribution in [3.05, 3.63) is 53.3 Å². The number of aryl methyl sites for hydroxylation is 3. The van der Waals surface area contributed by atoms with E-state index in [0.717, 1.165) is 27.9 Å². The molecule has 2 N–H and O–H groups in total. The molecule has 0 atom stereocenters. The van der Waals surface area contributed by atoms with Crippen LogP contribution in [-0.4, -0.2) is 14.3 Å². The van der Waals surface area contributed by atoms with E-state index in [1.54, 1.807) is 30.3 Å². The number of nitrogens with one attached hydrogen (secondary N) is 2. The van der Waals surface area contributed by atoms with Gasteiger partial charge < -0.3 is 9.73 Å². The largest absolute Gasteiger partial charge is 0.461 e. The Kier molecular flexibility index (Phi) is 4.19. The van der Waals surface area contributed by atoms with Crippen LogP contribution in [0.1, 0.15) is 29.7 Å². The van der Waals surface area contributed by atoms with E-state index in [9.17, 15) is 13.2 Å². The Hall–Kier alpha value is -2.80. The van der Waals surface area contributed by atoms with Crippen molar-refractivity contribution >= 4 is 38.3 Å². The van der Waals surface area contributed by atoms with Crippen molar-refractivity contribution in [3.8, 4) is 0 Å². The van der Waals surface area contributed by atoms with Gasteiger partial charge in [-0.15, -0.1) is 0 Å². The first kappa shape index (κ1) is 17.6. The number of furan rings is 1. The van der Waals surface area contributed by atoms with Crippen LogP contribution in [0.4, 0.5) is 11.4 Å². The van der Waals surface area contributed by atoms with Crippen molar-refractivity contribution < 1.29 is 17.6 Å². The molecular formula is C20H20N2O4S. The van der Waals surface area contributed by atoms with Gasteiger partial charge in [0, 0.05) is 23.2 Å². The molecule has 1 aromatic heterocycles. The number of fused-ring (bicyclic) bond motifs is 2. The van der Waals surface area contributed by atoms with E-state index in [0.29, 0.717) is 30.6 Å². The van der Waals surface area contributed by atoms with Gasteiger partial charge in [0.2, 0.25) is 5.91 Å². The molecule has 0 fully saturated rings. The lowest BCUT2D eigenvalue weighted by atomic mass is 10.1. The molecule has 0 aliphatic carbocycles. The van der Waals surface area contributed by atoms with Crippen molar-refractivity contribution in [2.45, 2.75) is 38.0 Å². The summed E-state index contributed by atoms with van der Waals surface area (Å²) in [5.74, 6) is 0.777. The Balaban J connectivity index is 1.67. The molecule has 0 spiro atoms. The van der Waals surface area contributed by atoms with Crippen LogP contribution in [0.25, 0.3) is 11.0 Å². The zero-order chi connectivity index (χ0) is 19.2. The highest BCUT2D eigenvalue weighted by molar-refractivity contribution is 7.92. The molecule has 140 valence electrons. The Morgan fingerprint density at radius 1 is 1.07 bits per heavy atom. The minimum Gasteiger partial charge on any atom is -0.461 e. The molecule has 0 bridgehead atoms. The summed E-state index contributed by atoms with van der Waals surface area (Å²) < 4.78 is 34.0. The molecule has 0 saturated heterocycles. The van der Waals surface area contributed by atoms with E-state index in [-0.39, 0.29) is 10.8 Å². The third kappa shape index (κ3) is 3.30. The monoisotopic (exact) mass is 384 g/mol. The first-order valence-electron chi connectivity index (χ1n) is 8.79. The maximum atomic E-state index is 12.8. The zero-order valence-electron chi connectivity index (χ0n) is 15.1. The van der Waals surface area contributed by atoms with Crippen LogP contribution in [0.3, 0.4) is 0 Å². The highest BCUT2D eigenvalue weighted by atomic mass is 32.2. The molecule has 2 heterocycles. The van der Waals surface area contributed by atoms with Crippen LogP contribution >= 0.6 is 0 Å². The van der Waals surface area contributed by atoms with Crippen molar-refractivity contribution in [2.24, 2.45) is 0 Å². The van der Waals surface area contributed by atoms with Gasteiger partial charge in [-0.1, -0.05) is 0 Å². The summed E-state index contributed by atoms with van der Waals surface area (Å²) in [7, 11) is -3.74. The van der Waals surface area contributed by atoms with Gasteiger partial charge in [-0.2, -0.15) is 0 Å². The number of sulfonamides is 1. The lowest BCUT2D eigenvalue weighted by molar-refractivity contribution is -0.116. The van der Waals surface area contributed by atoms with E-state index in [4.69, 9.17) is 4.42 Å². The maximum Gasteiger partial charge on any atom is 0.261 e. The summed E-state index contributed by atoms with van der Waals surface area (Å²) >= 11 is 0. The normalized spacial score (nSPS) is 14.5. The zero-order valence-corrected chi connectivity index (χ0v) is 15.9. The van der Waals surface area contributed by atoms with Crippen LogP contribution in [0.2, 0.25) is 0 Å². The Labute approximate surface area is 157 Å². The van der Waals surface area contributed by atoms with Gasteiger partial charge in [0.05, 0.1) is 4.90 Å². The predicted octanol–water partition coefficient (Wildman–Crippen LogP) is 4.13. The predicted molar refractivity (Wildman–Crippen MR) is 105 cm³/mol. The van der Waals surface area contributed by atoms with E-state index in [1.165, 1.54) is 6.07 Å². The van der Waals surface area contributed by atoms with Gasteiger partial charge in [0.15, 0.2) is 0 Å². The second kappa shape index (κ2) is 6.42. The Bertz CT molecular complexity index is 1160. The number of carbonyl (C=O) groups is 1. The number of carbonyl (C=O) groups excluding carboxylic acids is 1. The smallest absolute Gasteiger partial charge is 0.261 e. The second-order valence-corrected chi connectivity index (χ2v) is 8.50. The Morgan fingerprint density at radius 3 is 2.70 bits per heavy atom. The SMILES string of the molecule is Cc1oc2ccc(NS(=O)(=O)c3ccc4c(c3)CCCC(=O)N4)cc2c1C. The first-order valence-corrected chi connectivity index (χ1v) is 10.3. The standard InChI is InChI=1S/C20H20N2O4S/c1-12-13(2)26-19-9-6-15(11-17(12)19)22-27(24,25)16-7-8-18-14(10-16)4-3-5-20(23)21-18/h6-11,22H,3-5H2,1-2H3,(H,21,23). The molecule has 6 nitrogen and oxygen atoms in total. The van der Waals surface area contributed by atoms with Crippen molar-refractivity contribution in [1.29, 1.82) is 0 Å². The van der Waals surface area contributed by atoms with Gasteiger partial charge in [0.1, 0.15) is 11.3 Å². The molecule has 4 rings (SSSR count). The third-order valence-corrected chi connectivity index (χ3v) is 6.32. The lowest BCUT2D eigenvalue weighted by Crippen LogP contribution is -2.14. The molecule has 1 amide bonds. The average Bonchev–Trinajstić information content (AvgIpc) is 2.78. The fraction of sp³-hybridized carbons (Fsp3) is 0.250. The summed E-state index contributed by atoms with van der Waals surface area (Å²) in [6.07, 6.45) is 1.81. The molecule has 1 aliphatic heterocycles. The highest BCUT2D eigenvalue weighted by Crippen LogP contribution is 2.29. The van der Waals surface area contributed by atoms with Gasteiger partial charge >= 0.3 is 0 Å². The minimum absolute atomic E-state index is 0.0402. The second-order valence-electron chi connectivity index (χ2n) is 6.82. The van der Waals surface area contributed by atoms with E-state index >= 15 is 0 Å². The van der Waals surface area contributed by atoms with E-state index in [1.807, 2.05) is 13.8 Å². The van der Waals surface area contributed by atoms with Crippen LogP contribution in [0.5, 0.6) is 0 Å².